The highest BCUT2D eigenvalue weighted by molar-refractivity contribution is 9.10. The number of benzene rings is 1. The van der Waals surface area contributed by atoms with Crippen molar-refractivity contribution in [3.8, 4) is 11.4 Å². The van der Waals surface area contributed by atoms with Crippen molar-refractivity contribution in [1.82, 2.24) is 15.0 Å². The van der Waals surface area contributed by atoms with Crippen LogP contribution in [0.4, 0.5) is 5.82 Å². The average molecular weight is 411 g/mol. The summed E-state index contributed by atoms with van der Waals surface area (Å²) in [6.45, 7) is 2.90. The van der Waals surface area contributed by atoms with Crippen LogP contribution in [0.1, 0.15) is 0 Å². The fourth-order valence-corrected chi connectivity index (χ4v) is 3.61. The van der Waals surface area contributed by atoms with E-state index >= 15 is 0 Å². The van der Waals surface area contributed by atoms with Crippen molar-refractivity contribution in [3.05, 3.63) is 47.1 Å². The first-order valence-corrected chi connectivity index (χ1v) is 9.23. The third-order valence-corrected chi connectivity index (χ3v) is 4.96. The molecule has 5 rings (SSSR count). The molecule has 1 fully saturated rings. The minimum absolute atomic E-state index is 0.581. The molecule has 0 saturated carbocycles. The second kappa shape index (κ2) is 6.34. The summed E-state index contributed by atoms with van der Waals surface area (Å²) in [5.74, 6) is 1.47. The Morgan fingerprint density at radius 3 is 2.77 bits per heavy atom. The maximum Gasteiger partial charge on any atom is 0.229 e. The second-order valence-electron chi connectivity index (χ2n) is 6.12. The molecule has 0 amide bonds. The Bertz CT molecular complexity index is 1110. The number of aromatic nitrogens is 3. The van der Waals surface area contributed by atoms with Gasteiger partial charge < -0.3 is 14.1 Å². The molecule has 0 N–H and O–H groups in total. The molecular formula is C19H15BrN4O2. The zero-order valence-corrected chi connectivity index (χ0v) is 15.4. The normalized spacial score (nSPS) is 15.0. The predicted molar refractivity (Wildman–Crippen MR) is 103 cm³/mol. The number of fused-ring (bicyclic) bond motifs is 3. The van der Waals surface area contributed by atoms with Gasteiger partial charge in [-0.25, -0.2) is 15.0 Å². The summed E-state index contributed by atoms with van der Waals surface area (Å²) in [4.78, 5) is 16.2. The van der Waals surface area contributed by atoms with Crippen LogP contribution in [0.15, 0.2) is 51.5 Å². The molecule has 0 aliphatic carbocycles. The molecule has 0 spiro atoms. The highest BCUT2D eigenvalue weighted by Crippen LogP contribution is 2.34. The summed E-state index contributed by atoms with van der Waals surface area (Å²) in [5.41, 5.74) is 3.01. The molecule has 1 aliphatic rings. The summed E-state index contributed by atoms with van der Waals surface area (Å²) in [6.07, 6.45) is 1.72. The molecule has 3 aromatic heterocycles. The van der Waals surface area contributed by atoms with Crippen molar-refractivity contribution in [2.75, 3.05) is 31.2 Å². The van der Waals surface area contributed by atoms with Gasteiger partial charge in [-0.2, -0.15) is 0 Å². The first-order valence-electron chi connectivity index (χ1n) is 8.43. The van der Waals surface area contributed by atoms with E-state index < -0.39 is 0 Å². The summed E-state index contributed by atoms with van der Waals surface area (Å²) in [5, 5.41) is 0.899. The highest BCUT2D eigenvalue weighted by atomic mass is 79.9. The van der Waals surface area contributed by atoms with Gasteiger partial charge >= 0.3 is 0 Å². The van der Waals surface area contributed by atoms with Crippen LogP contribution >= 0.6 is 15.9 Å². The van der Waals surface area contributed by atoms with Crippen LogP contribution in [0.5, 0.6) is 0 Å². The van der Waals surface area contributed by atoms with Crippen molar-refractivity contribution >= 4 is 43.9 Å². The lowest BCUT2D eigenvalue weighted by atomic mass is 10.2. The number of anilines is 1. The minimum Gasteiger partial charge on any atom is -0.432 e. The van der Waals surface area contributed by atoms with E-state index in [-0.39, 0.29) is 0 Å². The molecule has 1 aromatic carbocycles. The highest BCUT2D eigenvalue weighted by Gasteiger charge is 2.22. The number of ether oxygens (including phenoxy) is 1. The molecular weight excluding hydrogens is 396 g/mol. The molecule has 0 unspecified atom stereocenters. The zero-order valence-electron chi connectivity index (χ0n) is 13.9. The first kappa shape index (κ1) is 15.7. The summed E-state index contributed by atoms with van der Waals surface area (Å²) in [7, 11) is 0. The van der Waals surface area contributed by atoms with E-state index in [0.717, 1.165) is 39.8 Å². The van der Waals surface area contributed by atoms with E-state index in [4.69, 9.17) is 19.1 Å². The second-order valence-corrected chi connectivity index (χ2v) is 7.03. The van der Waals surface area contributed by atoms with Gasteiger partial charge in [0.25, 0.3) is 0 Å². The molecule has 0 radical (unpaired) electrons. The molecule has 4 aromatic rings. The molecule has 1 saturated heterocycles. The van der Waals surface area contributed by atoms with E-state index in [1.165, 1.54) is 0 Å². The standard InChI is InChI=1S/C19H15BrN4O2/c20-13-4-1-3-12(11-13)17-22-15-14-5-2-6-21-19(14)26-16(15)18(23-17)24-7-9-25-10-8-24/h1-6,11H,7-10H2. The van der Waals surface area contributed by atoms with Gasteiger partial charge in [-0.1, -0.05) is 28.1 Å². The Labute approximate surface area is 157 Å². The number of nitrogens with zero attached hydrogens (tertiary/aromatic N) is 4. The number of hydrogen-bond acceptors (Lipinski definition) is 6. The fraction of sp³-hybridized carbons (Fsp3) is 0.211. The lowest BCUT2D eigenvalue weighted by molar-refractivity contribution is 0.122. The van der Waals surface area contributed by atoms with Crippen LogP contribution in [0.2, 0.25) is 0 Å². The molecule has 1 aliphatic heterocycles. The number of furan rings is 1. The van der Waals surface area contributed by atoms with Gasteiger partial charge in [0.15, 0.2) is 17.2 Å². The van der Waals surface area contributed by atoms with Crippen molar-refractivity contribution < 1.29 is 9.15 Å². The minimum atomic E-state index is 0.581. The largest absolute Gasteiger partial charge is 0.432 e. The third kappa shape index (κ3) is 2.64. The van der Waals surface area contributed by atoms with Crippen LogP contribution < -0.4 is 4.90 Å². The maximum absolute atomic E-state index is 6.02. The molecule has 0 bridgehead atoms. The summed E-state index contributed by atoms with van der Waals surface area (Å²) < 4.78 is 12.5. The van der Waals surface area contributed by atoms with E-state index in [2.05, 4.69) is 25.8 Å². The Kier molecular flexibility index (Phi) is 3.83. The number of pyridine rings is 1. The van der Waals surface area contributed by atoms with Crippen LogP contribution in [0, 0.1) is 0 Å². The number of hydrogen-bond donors (Lipinski definition) is 0. The molecule has 26 heavy (non-hydrogen) atoms. The van der Waals surface area contributed by atoms with Crippen molar-refractivity contribution in [1.29, 1.82) is 0 Å². The first-order chi connectivity index (χ1) is 12.8. The fourth-order valence-electron chi connectivity index (χ4n) is 3.21. The van der Waals surface area contributed by atoms with Gasteiger partial charge in [-0.3, -0.25) is 0 Å². The molecule has 6 nitrogen and oxygen atoms in total. The maximum atomic E-state index is 6.02. The van der Waals surface area contributed by atoms with Gasteiger partial charge in [0.2, 0.25) is 5.71 Å². The smallest absolute Gasteiger partial charge is 0.229 e. The number of rotatable bonds is 2. The van der Waals surface area contributed by atoms with Gasteiger partial charge in [0, 0.05) is 29.3 Å². The summed E-state index contributed by atoms with van der Waals surface area (Å²) in [6, 6.07) is 11.9. The van der Waals surface area contributed by atoms with Gasteiger partial charge in [-0.05, 0) is 24.3 Å². The average Bonchev–Trinajstić information content (AvgIpc) is 3.06. The Morgan fingerprint density at radius 2 is 1.92 bits per heavy atom. The van der Waals surface area contributed by atoms with Crippen LogP contribution in [0.25, 0.3) is 33.6 Å². The van der Waals surface area contributed by atoms with Gasteiger partial charge in [-0.15, -0.1) is 0 Å². The van der Waals surface area contributed by atoms with Crippen molar-refractivity contribution in [2.45, 2.75) is 0 Å². The Morgan fingerprint density at radius 1 is 1.04 bits per heavy atom. The van der Waals surface area contributed by atoms with Gasteiger partial charge in [0.05, 0.1) is 18.6 Å². The van der Waals surface area contributed by atoms with Crippen LogP contribution in [-0.4, -0.2) is 41.3 Å². The van der Waals surface area contributed by atoms with E-state index in [0.29, 0.717) is 30.3 Å². The molecule has 0 atom stereocenters. The van der Waals surface area contributed by atoms with Crippen molar-refractivity contribution in [2.24, 2.45) is 0 Å². The summed E-state index contributed by atoms with van der Waals surface area (Å²) >= 11 is 3.53. The Balaban J connectivity index is 1.79. The number of halogens is 1. The lowest BCUT2D eigenvalue weighted by Crippen LogP contribution is -2.37. The van der Waals surface area contributed by atoms with Gasteiger partial charge in [0.1, 0.15) is 5.52 Å². The number of morpholine rings is 1. The monoisotopic (exact) mass is 410 g/mol. The Hall–Kier alpha value is -2.51. The SMILES string of the molecule is Brc1cccc(-c2nc(N3CCOCC3)c3oc4ncccc4c3n2)c1. The zero-order chi connectivity index (χ0) is 17.5. The van der Waals surface area contributed by atoms with Crippen LogP contribution in [0.3, 0.4) is 0 Å². The predicted octanol–water partition coefficient (Wildman–Crippen LogP) is 4.04. The topological polar surface area (TPSA) is 64.3 Å². The lowest BCUT2D eigenvalue weighted by Gasteiger charge is -2.27. The van der Waals surface area contributed by atoms with E-state index in [1.807, 2.05) is 36.4 Å². The van der Waals surface area contributed by atoms with E-state index in [9.17, 15) is 0 Å². The molecule has 7 heteroatoms. The molecule has 130 valence electrons. The third-order valence-electron chi connectivity index (χ3n) is 4.47. The van der Waals surface area contributed by atoms with E-state index in [1.54, 1.807) is 6.20 Å². The van der Waals surface area contributed by atoms with Crippen molar-refractivity contribution in [3.63, 3.8) is 0 Å². The quantitative estimate of drug-likeness (QED) is 0.496. The van der Waals surface area contributed by atoms with Crippen LogP contribution in [-0.2, 0) is 4.74 Å². The molecule has 4 heterocycles.